The molecule has 1 heterocycles. The van der Waals surface area contributed by atoms with Gasteiger partial charge in [-0.15, -0.1) is 10.1 Å². The van der Waals surface area contributed by atoms with Gasteiger partial charge in [-0.2, -0.15) is 0 Å². The van der Waals surface area contributed by atoms with E-state index in [1.165, 1.54) is 5.57 Å². The van der Waals surface area contributed by atoms with Gasteiger partial charge in [-0.05, 0) is 12.1 Å². The van der Waals surface area contributed by atoms with E-state index in [2.05, 4.69) is 17.6 Å². The Morgan fingerprint density at radius 2 is 2.11 bits per heavy atom. The Labute approximate surface area is 112 Å². The van der Waals surface area contributed by atoms with E-state index in [4.69, 9.17) is 0 Å². The molecule has 0 atom stereocenters. The summed E-state index contributed by atoms with van der Waals surface area (Å²) in [5.74, 6) is -0.0831. The topological polar surface area (TPSA) is 32.1 Å². The minimum absolute atomic E-state index is 0.0831. The van der Waals surface area contributed by atoms with Crippen molar-refractivity contribution in [2.45, 2.75) is 6.42 Å². The molecular weight excluding hydrogens is 236 g/mol. The summed E-state index contributed by atoms with van der Waals surface area (Å²) in [6, 6.07) is 9.23. The number of carbonyl (C=O) groups excluding carboxylic acids is 1. The van der Waals surface area contributed by atoms with Crippen molar-refractivity contribution in [1.82, 2.24) is 5.43 Å². The highest BCUT2D eigenvalue weighted by atomic mass is 16.2. The van der Waals surface area contributed by atoms with Gasteiger partial charge in [0.2, 0.25) is 0 Å². The van der Waals surface area contributed by atoms with Gasteiger partial charge >= 0.3 is 5.91 Å². The fraction of sp³-hybridized carbons (Fsp3) is 0.125. The van der Waals surface area contributed by atoms with Crippen molar-refractivity contribution in [3.05, 3.63) is 71.3 Å². The van der Waals surface area contributed by atoms with Crippen LogP contribution in [0.2, 0.25) is 0 Å². The van der Waals surface area contributed by atoms with Crippen LogP contribution in [-0.2, 0) is 0 Å². The summed E-state index contributed by atoms with van der Waals surface area (Å²) >= 11 is 0. The molecule has 0 saturated heterocycles. The highest BCUT2D eigenvalue weighted by molar-refractivity contribution is 5.93. The minimum atomic E-state index is -0.0831. The van der Waals surface area contributed by atoms with Gasteiger partial charge in [0.15, 0.2) is 12.1 Å². The number of nitrogens with one attached hydrogen (secondary N) is 1. The van der Waals surface area contributed by atoms with Gasteiger partial charge in [-0.25, -0.2) is 0 Å². The zero-order chi connectivity index (χ0) is 13.1. The van der Waals surface area contributed by atoms with Gasteiger partial charge in [0.05, 0.1) is 18.1 Å². The molecule has 1 aromatic rings. The van der Waals surface area contributed by atoms with Gasteiger partial charge in [-0.3, -0.25) is 4.79 Å². The summed E-state index contributed by atoms with van der Waals surface area (Å²) in [6.45, 7) is 0.787. The Hall–Kier alpha value is -2.51. The van der Waals surface area contributed by atoms with Gasteiger partial charge in [0.25, 0.3) is 6.21 Å². The van der Waals surface area contributed by atoms with E-state index in [0.29, 0.717) is 5.56 Å². The average molecular weight is 250 g/mol. The van der Waals surface area contributed by atoms with Gasteiger partial charge in [0, 0.05) is 11.6 Å². The first-order valence-electron chi connectivity index (χ1n) is 6.29. The number of carbonyl (C=O) groups is 1. The van der Waals surface area contributed by atoms with Crippen LogP contribution in [0.25, 0.3) is 0 Å². The molecule has 0 saturated carbocycles. The van der Waals surface area contributed by atoms with Crippen LogP contribution in [0, 0.1) is 6.08 Å². The third-order valence-corrected chi connectivity index (χ3v) is 3.19. The van der Waals surface area contributed by atoms with Crippen LogP contribution in [0.3, 0.4) is 0 Å². The molecule has 0 radical (unpaired) electrons. The fourth-order valence-corrected chi connectivity index (χ4v) is 2.17. The van der Waals surface area contributed by atoms with Crippen molar-refractivity contribution >= 4 is 12.1 Å². The molecular formula is C16H14N2O+2. The van der Waals surface area contributed by atoms with E-state index in [1.807, 2.05) is 41.3 Å². The lowest BCUT2D eigenvalue weighted by Gasteiger charge is -2.08. The largest absolute Gasteiger partial charge is 0.304 e. The van der Waals surface area contributed by atoms with Gasteiger partial charge < -0.3 is 0 Å². The molecule has 0 aromatic heterocycles. The maximum atomic E-state index is 12.0. The molecule has 3 heteroatoms. The molecule has 1 aliphatic carbocycles. The van der Waals surface area contributed by atoms with Crippen LogP contribution < -0.4 is 5.43 Å². The number of amides is 1. The Kier molecular flexibility index (Phi) is 3.05. The van der Waals surface area contributed by atoms with E-state index in [9.17, 15) is 4.79 Å². The first-order valence-corrected chi connectivity index (χ1v) is 6.29. The standard InChI is InChI=1S/C16H13N2O/c19-16(14-7-2-1-3-8-14)17-18-11-10-13-6-4-5-9-15(13)12-18/h1-4,6-9,12H,10-11H2/q+1/p+1. The average Bonchev–Trinajstić information content (AvgIpc) is 2.48. The monoisotopic (exact) mass is 250 g/mol. The summed E-state index contributed by atoms with van der Waals surface area (Å²) in [7, 11) is 0. The molecule has 1 N–H and O–H groups in total. The van der Waals surface area contributed by atoms with Crippen LogP contribution in [0.15, 0.2) is 59.7 Å². The zero-order valence-corrected chi connectivity index (χ0v) is 10.5. The first-order chi connectivity index (χ1) is 9.33. The summed E-state index contributed by atoms with van der Waals surface area (Å²) < 4.78 is 1.84. The number of rotatable bonds is 2. The molecule has 19 heavy (non-hydrogen) atoms. The third kappa shape index (κ3) is 2.51. The highest BCUT2D eigenvalue weighted by Gasteiger charge is 2.25. The Morgan fingerprint density at radius 1 is 1.26 bits per heavy atom. The second kappa shape index (κ2) is 5.01. The SMILES string of the molecule is O=C(N[N+]1=CC2=C(C=C[C+]=C2)CC1)c1ccccc1. The number of allylic oxidation sites excluding steroid dienone is 5. The number of hydrogen-bond donors (Lipinski definition) is 1. The van der Waals surface area contributed by atoms with Crippen LogP contribution >= 0.6 is 0 Å². The molecule has 92 valence electrons. The molecule has 0 spiro atoms. The first kappa shape index (κ1) is 11.6. The molecule has 1 aromatic carbocycles. The Bertz CT molecular complexity index is 621. The number of nitrogens with zero attached hydrogens (tertiary/aromatic N) is 1. The fourth-order valence-electron chi connectivity index (χ4n) is 2.17. The van der Waals surface area contributed by atoms with E-state index >= 15 is 0 Å². The van der Waals surface area contributed by atoms with Crippen LogP contribution in [0.1, 0.15) is 16.8 Å². The second-order valence-electron chi connectivity index (χ2n) is 4.50. The van der Waals surface area contributed by atoms with E-state index in [0.717, 1.165) is 18.5 Å². The van der Waals surface area contributed by atoms with Crippen molar-refractivity contribution < 1.29 is 9.48 Å². The molecule has 0 unspecified atom stereocenters. The van der Waals surface area contributed by atoms with E-state index in [-0.39, 0.29) is 5.91 Å². The molecule has 1 aliphatic heterocycles. The van der Waals surface area contributed by atoms with Gasteiger partial charge in [0.1, 0.15) is 12.2 Å². The Balaban J connectivity index is 1.77. The zero-order valence-electron chi connectivity index (χ0n) is 10.5. The molecule has 0 bridgehead atoms. The smallest absolute Gasteiger partial charge is 0.264 e. The third-order valence-electron chi connectivity index (χ3n) is 3.19. The van der Waals surface area contributed by atoms with Crippen molar-refractivity contribution in [2.24, 2.45) is 0 Å². The summed E-state index contributed by atoms with van der Waals surface area (Å²) in [4.78, 5) is 12.0. The summed E-state index contributed by atoms with van der Waals surface area (Å²) in [5, 5.41) is 0. The molecule has 0 fully saturated rings. The lowest BCUT2D eigenvalue weighted by Crippen LogP contribution is -2.38. The minimum Gasteiger partial charge on any atom is -0.264 e. The number of benzene rings is 1. The molecule has 1 amide bonds. The van der Waals surface area contributed by atoms with E-state index < -0.39 is 0 Å². The van der Waals surface area contributed by atoms with Crippen molar-refractivity contribution in [1.29, 1.82) is 0 Å². The predicted octanol–water partition coefficient (Wildman–Crippen LogP) is 2.04. The molecule has 3 rings (SSSR count). The molecule has 3 nitrogen and oxygen atoms in total. The van der Waals surface area contributed by atoms with Crippen LogP contribution in [0.5, 0.6) is 0 Å². The highest BCUT2D eigenvalue weighted by Crippen LogP contribution is 2.17. The summed E-state index contributed by atoms with van der Waals surface area (Å²) in [5.41, 5.74) is 5.98. The summed E-state index contributed by atoms with van der Waals surface area (Å²) in [6.07, 6.45) is 11.9. The maximum absolute atomic E-state index is 12.0. The second-order valence-corrected chi connectivity index (χ2v) is 4.50. The van der Waals surface area contributed by atoms with Crippen LogP contribution in [-0.4, -0.2) is 23.4 Å². The maximum Gasteiger partial charge on any atom is 0.304 e. The lowest BCUT2D eigenvalue weighted by atomic mass is 9.99. The lowest BCUT2D eigenvalue weighted by molar-refractivity contribution is -0.568. The van der Waals surface area contributed by atoms with Crippen molar-refractivity contribution in [3.8, 4) is 0 Å². The van der Waals surface area contributed by atoms with Crippen molar-refractivity contribution in [2.75, 3.05) is 6.54 Å². The molecule has 2 aliphatic rings. The van der Waals surface area contributed by atoms with Crippen LogP contribution in [0.4, 0.5) is 0 Å². The van der Waals surface area contributed by atoms with Gasteiger partial charge in [-0.1, -0.05) is 18.2 Å². The van der Waals surface area contributed by atoms with E-state index in [1.54, 1.807) is 12.1 Å². The number of hydrogen-bond acceptors (Lipinski definition) is 1. The predicted molar refractivity (Wildman–Crippen MR) is 73.7 cm³/mol. The Morgan fingerprint density at radius 3 is 2.95 bits per heavy atom. The number of hydrazine groups is 1. The van der Waals surface area contributed by atoms with Crippen molar-refractivity contribution in [3.63, 3.8) is 0 Å². The normalized spacial score (nSPS) is 16.5. The number of hydrazone groups is 1. The quantitative estimate of drug-likeness (QED) is 0.632.